The van der Waals surface area contributed by atoms with Gasteiger partial charge in [-0.15, -0.1) is 0 Å². The van der Waals surface area contributed by atoms with E-state index in [2.05, 4.69) is 10.4 Å². The van der Waals surface area contributed by atoms with Gasteiger partial charge in [0, 0.05) is 30.5 Å². The lowest BCUT2D eigenvalue weighted by Crippen LogP contribution is -2.25. The van der Waals surface area contributed by atoms with E-state index in [9.17, 15) is 14.0 Å². The Labute approximate surface area is 205 Å². The molecule has 0 saturated carbocycles. The Morgan fingerprint density at radius 2 is 1.66 bits per heavy atom. The minimum Gasteiger partial charge on any atom is -0.348 e. The average Bonchev–Trinajstić information content (AvgIpc) is 3.21. The van der Waals surface area contributed by atoms with Crippen LogP contribution in [-0.4, -0.2) is 20.3 Å². The van der Waals surface area contributed by atoms with Crippen LogP contribution in [0.5, 0.6) is 0 Å². The third-order valence-electron chi connectivity index (χ3n) is 5.64. The molecule has 0 radical (unpaired) electrons. The van der Waals surface area contributed by atoms with E-state index in [1.807, 2.05) is 36.4 Å². The predicted octanol–water partition coefficient (Wildman–Crippen LogP) is 4.91. The van der Waals surface area contributed by atoms with Crippen LogP contribution >= 0.6 is 11.6 Å². The number of fused-ring (bicyclic) bond motifs is 1. The maximum Gasteiger partial charge on any atom is 0.282 e. The Bertz CT molecular complexity index is 1530. The van der Waals surface area contributed by atoms with Crippen molar-refractivity contribution in [2.24, 2.45) is 0 Å². The van der Waals surface area contributed by atoms with E-state index in [0.29, 0.717) is 28.5 Å². The number of pyridine rings is 1. The molecule has 5 rings (SSSR count). The van der Waals surface area contributed by atoms with Crippen LogP contribution in [0.15, 0.2) is 96.1 Å². The first kappa shape index (κ1) is 22.6. The maximum atomic E-state index is 13.4. The summed E-state index contributed by atoms with van der Waals surface area (Å²) in [6, 6.07) is 22.3. The van der Waals surface area contributed by atoms with Gasteiger partial charge < -0.3 is 9.88 Å². The molecule has 0 aromatic heterocycles. The molecule has 2 aliphatic rings. The molecule has 6 nitrogen and oxygen atoms in total. The summed E-state index contributed by atoms with van der Waals surface area (Å²) in [5.74, 6) is -0.721. The molecular weight excluding hydrogens is 467 g/mol. The summed E-state index contributed by atoms with van der Waals surface area (Å²) < 4.78 is 16.4. The van der Waals surface area contributed by atoms with Crippen LogP contribution in [0, 0.1) is 5.82 Å². The quantitative estimate of drug-likeness (QED) is 0.371. The van der Waals surface area contributed by atoms with Gasteiger partial charge in [-0.1, -0.05) is 60.1 Å². The first-order valence-corrected chi connectivity index (χ1v) is 11.3. The molecule has 3 aromatic rings. The zero-order valence-corrected chi connectivity index (χ0v) is 19.2. The number of hydrogen-bond acceptors (Lipinski definition) is 3. The molecule has 3 aromatic carbocycles. The number of hydrogen-bond donors (Lipinski definition) is 1. The number of halogens is 2. The van der Waals surface area contributed by atoms with Gasteiger partial charge >= 0.3 is 0 Å². The SMILES string of the molecule is O=C(NCc1ccccc1Cl)c1cn(Cc2ccc(F)cc2)cc2c(=O)n(-c3ccccc3)nc1-2. The molecule has 0 unspecified atom stereocenters. The van der Waals surface area contributed by atoms with E-state index >= 15 is 0 Å². The monoisotopic (exact) mass is 486 g/mol. The van der Waals surface area contributed by atoms with Crippen LogP contribution < -0.4 is 10.9 Å². The van der Waals surface area contributed by atoms with Crippen molar-refractivity contribution in [3.05, 3.63) is 129 Å². The Kier molecular flexibility index (Phi) is 6.16. The van der Waals surface area contributed by atoms with Gasteiger partial charge in [-0.3, -0.25) is 9.59 Å². The van der Waals surface area contributed by atoms with Crippen molar-refractivity contribution in [2.75, 3.05) is 0 Å². The van der Waals surface area contributed by atoms with Gasteiger partial charge in [-0.25, -0.2) is 4.39 Å². The van der Waals surface area contributed by atoms with E-state index in [1.54, 1.807) is 47.3 Å². The number of nitrogens with zero attached hydrogens (tertiary/aromatic N) is 3. The summed E-state index contributed by atoms with van der Waals surface area (Å²) in [4.78, 5) is 26.5. The second-order valence-corrected chi connectivity index (χ2v) is 8.47. The molecule has 1 N–H and O–H groups in total. The first-order chi connectivity index (χ1) is 17.0. The highest BCUT2D eigenvalue weighted by molar-refractivity contribution is 6.31. The normalized spacial score (nSPS) is 11.0. The van der Waals surface area contributed by atoms with Crippen molar-refractivity contribution < 1.29 is 9.18 Å². The zero-order valence-electron chi connectivity index (χ0n) is 18.5. The number of rotatable bonds is 6. The molecule has 0 aliphatic carbocycles. The third-order valence-corrected chi connectivity index (χ3v) is 6.01. The molecule has 0 bridgehead atoms. The predicted molar refractivity (Wildman–Crippen MR) is 133 cm³/mol. The average molecular weight is 487 g/mol. The third kappa shape index (κ3) is 4.72. The summed E-state index contributed by atoms with van der Waals surface area (Å²) >= 11 is 6.23. The van der Waals surface area contributed by atoms with Gasteiger partial charge in [-0.05, 0) is 41.5 Å². The van der Waals surface area contributed by atoms with Gasteiger partial charge in [0.1, 0.15) is 11.5 Å². The summed E-state index contributed by atoms with van der Waals surface area (Å²) in [6.07, 6.45) is 3.31. The van der Waals surface area contributed by atoms with E-state index in [4.69, 9.17) is 11.6 Å². The molecule has 0 spiro atoms. The molecule has 2 aliphatic heterocycles. The zero-order chi connectivity index (χ0) is 24.4. The van der Waals surface area contributed by atoms with Gasteiger partial charge in [0.2, 0.25) is 0 Å². The van der Waals surface area contributed by atoms with Crippen molar-refractivity contribution in [1.29, 1.82) is 0 Å². The number of carbonyl (C=O) groups is 1. The molecular formula is C27H20ClFN4O2. The number of amides is 1. The fourth-order valence-electron chi connectivity index (χ4n) is 3.87. The minimum absolute atomic E-state index is 0.219. The van der Waals surface area contributed by atoms with Crippen LogP contribution in [0.1, 0.15) is 21.5 Å². The maximum absolute atomic E-state index is 13.4. The lowest BCUT2D eigenvalue weighted by Gasteiger charge is -2.13. The Morgan fingerprint density at radius 1 is 0.943 bits per heavy atom. The van der Waals surface area contributed by atoms with E-state index in [1.165, 1.54) is 16.8 Å². The second-order valence-electron chi connectivity index (χ2n) is 8.06. The Hall–Kier alpha value is -4.23. The summed E-state index contributed by atoms with van der Waals surface area (Å²) in [6.45, 7) is 0.563. The van der Waals surface area contributed by atoms with Gasteiger partial charge in [0.25, 0.3) is 11.5 Å². The van der Waals surface area contributed by atoms with Crippen molar-refractivity contribution in [3.8, 4) is 16.9 Å². The fraction of sp³-hybridized carbons (Fsp3) is 0.0741. The van der Waals surface area contributed by atoms with Gasteiger partial charge in [0.05, 0.1) is 16.8 Å². The minimum atomic E-state index is -0.388. The summed E-state index contributed by atoms with van der Waals surface area (Å²) in [5, 5.41) is 7.92. The molecule has 174 valence electrons. The molecule has 0 saturated heterocycles. The van der Waals surface area contributed by atoms with Crippen molar-refractivity contribution in [3.63, 3.8) is 0 Å². The molecule has 8 heteroatoms. The molecule has 35 heavy (non-hydrogen) atoms. The molecule has 0 atom stereocenters. The summed E-state index contributed by atoms with van der Waals surface area (Å²) in [7, 11) is 0. The highest BCUT2D eigenvalue weighted by atomic mass is 35.5. The largest absolute Gasteiger partial charge is 0.348 e. The number of aromatic nitrogens is 3. The van der Waals surface area contributed by atoms with Crippen molar-refractivity contribution in [1.82, 2.24) is 19.7 Å². The standard InChI is InChI=1S/C27H20ClFN4O2/c28-24-9-5-4-6-19(24)14-30-26(34)22-16-32(15-18-10-12-20(29)13-11-18)17-23-25(22)31-33(27(23)35)21-7-2-1-3-8-21/h1-13,16-17H,14-15H2,(H,30,34). The summed E-state index contributed by atoms with van der Waals surface area (Å²) in [5.41, 5.74) is 2.71. The fourth-order valence-corrected chi connectivity index (χ4v) is 4.08. The van der Waals surface area contributed by atoms with Crippen LogP contribution in [0.3, 0.4) is 0 Å². The second kappa shape index (κ2) is 9.56. The Balaban J connectivity index is 1.56. The first-order valence-electron chi connectivity index (χ1n) is 10.9. The van der Waals surface area contributed by atoms with Crippen LogP contribution in [0.2, 0.25) is 5.02 Å². The van der Waals surface area contributed by atoms with Gasteiger partial charge in [0.15, 0.2) is 0 Å². The number of benzene rings is 3. The van der Waals surface area contributed by atoms with Crippen LogP contribution in [0.4, 0.5) is 4.39 Å². The lowest BCUT2D eigenvalue weighted by atomic mass is 10.1. The van der Waals surface area contributed by atoms with E-state index < -0.39 is 0 Å². The highest BCUT2D eigenvalue weighted by Gasteiger charge is 2.24. The lowest BCUT2D eigenvalue weighted by molar-refractivity contribution is 0.0950. The Morgan fingerprint density at radius 3 is 2.40 bits per heavy atom. The molecule has 1 amide bonds. The van der Waals surface area contributed by atoms with Crippen molar-refractivity contribution in [2.45, 2.75) is 13.1 Å². The number of carbonyl (C=O) groups excluding carboxylic acids is 1. The molecule has 2 heterocycles. The van der Waals surface area contributed by atoms with Crippen LogP contribution in [-0.2, 0) is 13.1 Å². The molecule has 0 fully saturated rings. The van der Waals surface area contributed by atoms with Crippen molar-refractivity contribution >= 4 is 17.5 Å². The topological polar surface area (TPSA) is 68.9 Å². The number of para-hydroxylation sites is 1. The highest BCUT2D eigenvalue weighted by Crippen LogP contribution is 2.23. The van der Waals surface area contributed by atoms with Gasteiger partial charge in [-0.2, -0.15) is 9.78 Å². The van der Waals surface area contributed by atoms with E-state index in [0.717, 1.165) is 11.1 Å². The van der Waals surface area contributed by atoms with Crippen LogP contribution in [0.25, 0.3) is 16.9 Å². The van der Waals surface area contributed by atoms with E-state index in [-0.39, 0.29) is 29.4 Å². The smallest absolute Gasteiger partial charge is 0.282 e. The number of nitrogens with one attached hydrogen (secondary N) is 1.